The Morgan fingerprint density at radius 2 is 2.12 bits per heavy atom. The number of benzene rings is 1. The minimum atomic E-state index is -1.29. The van der Waals surface area contributed by atoms with Crippen molar-refractivity contribution in [3.8, 4) is 17.6 Å². The van der Waals surface area contributed by atoms with Crippen LogP contribution in [0.4, 0.5) is 0 Å². The van der Waals surface area contributed by atoms with Crippen LogP contribution in [0.2, 0.25) is 5.02 Å². The van der Waals surface area contributed by atoms with Gasteiger partial charge in [-0.1, -0.05) is 11.6 Å². The lowest BCUT2D eigenvalue weighted by Gasteiger charge is -2.18. The molecule has 1 saturated heterocycles. The number of hydrogen-bond acceptors (Lipinski definition) is 5. The van der Waals surface area contributed by atoms with Crippen molar-refractivity contribution in [3.05, 3.63) is 28.3 Å². The standard InChI is InChI=1S/C18H21ClN2O4/c1-2-24-16-11-13(9-14(12-20)18(22)23)10-15(19)17(16)25-8-7-21-5-3-4-6-21/h9-11H,2-8H2,1H3,(H,22,23). The lowest BCUT2D eigenvalue weighted by molar-refractivity contribution is -0.132. The Balaban J connectivity index is 2.18. The van der Waals surface area contributed by atoms with Gasteiger partial charge in [0.2, 0.25) is 0 Å². The van der Waals surface area contributed by atoms with Gasteiger partial charge in [0.25, 0.3) is 0 Å². The molecule has 25 heavy (non-hydrogen) atoms. The van der Waals surface area contributed by atoms with E-state index in [-0.39, 0.29) is 5.57 Å². The summed E-state index contributed by atoms with van der Waals surface area (Å²) in [5.41, 5.74) is 0.0977. The molecular formula is C18H21ClN2O4. The monoisotopic (exact) mass is 364 g/mol. The van der Waals surface area contributed by atoms with E-state index in [4.69, 9.17) is 31.4 Å². The molecule has 1 aliphatic rings. The molecule has 6 nitrogen and oxygen atoms in total. The van der Waals surface area contributed by atoms with Gasteiger partial charge in [0.1, 0.15) is 18.2 Å². The van der Waals surface area contributed by atoms with E-state index >= 15 is 0 Å². The average Bonchev–Trinajstić information content (AvgIpc) is 3.08. The molecular weight excluding hydrogens is 344 g/mol. The third-order valence-electron chi connectivity index (χ3n) is 3.85. The lowest BCUT2D eigenvalue weighted by atomic mass is 10.1. The van der Waals surface area contributed by atoms with Gasteiger partial charge in [-0.2, -0.15) is 5.26 Å². The van der Waals surface area contributed by atoms with Crippen LogP contribution in [0.5, 0.6) is 11.5 Å². The molecule has 2 rings (SSSR count). The third-order valence-corrected chi connectivity index (χ3v) is 4.13. The van der Waals surface area contributed by atoms with Crippen LogP contribution in [0.3, 0.4) is 0 Å². The molecule has 1 heterocycles. The molecule has 0 radical (unpaired) electrons. The highest BCUT2D eigenvalue weighted by atomic mass is 35.5. The number of rotatable bonds is 8. The summed E-state index contributed by atoms with van der Waals surface area (Å²) in [6.07, 6.45) is 3.69. The van der Waals surface area contributed by atoms with Crippen LogP contribution >= 0.6 is 11.6 Å². The highest BCUT2D eigenvalue weighted by Gasteiger charge is 2.15. The first kappa shape index (κ1) is 19.1. The maximum Gasteiger partial charge on any atom is 0.346 e. The van der Waals surface area contributed by atoms with E-state index in [0.29, 0.717) is 35.3 Å². The molecule has 0 bridgehead atoms. The largest absolute Gasteiger partial charge is 0.490 e. The first-order valence-corrected chi connectivity index (χ1v) is 8.59. The van der Waals surface area contributed by atoms with Gasteiger partial charge in [0, 0.05) is 6.54 Å². The number of aliphatic carboxylic acids is 1. The maximum atomic E-state index is 11.0. The first-order chi connectivity index (χ1) is 12.0. The predicted octanol–water partition coefficient (Wildman–Crippen LogP) is 3.20. The summed E-state index contributed by atoms with van der Waals surface area (Å²) in [6, 6.07) is 4.83. The molecule has 7 heteroatoms. The molecule has 0 amide bonds. The number of carboxylic acid groups (broad SMARTS) is 1. The van der Waals surface area contributed by atoms with Crippen molar-refractivity contribution >= 4 is 23.6 Å². The van der Waals surface area contributed by atoms with Crippen LogP contribution in [0.25, 0.3) is 6.08 Å². The normalized spacial score (nSPS) is 15.0. The summed E-state index contributed by atoms with van der Waals surface area (Å²) in [6.45, 7) is 5.74. The Bertz CT molecular complexity index is 691. The quantitative estimate of drug-likeness (QED) is 0.563. The molecule has 1 N–H and O–H groups in total. The number of nitriles is 1. The second kappa shape index (κ2) is 9.30. The van der Waals surface area contributed by atoms with E-state index in [2.05, 4.69) is 4.90 Å². The van der Waals surface area contributed by atoms with Crippen LogP contribution < -0.4 is 9.47 Å². The van der Waals surface area contributed by atoms with Crippen LogP contribution in [0.15, 0.2) is 17.7 Å². The SMILES string of the molecule is CCOc1cc(C=C(C#N)C(=O)O)cc(Cl)c1OCCN1CCCC1. The summed E-state index contributed by atoms with van der Waals surface area (Å²) < 4.78 is 11.4. The molecule has 0 aliphatic carbocycles. The number of ether oxygens (including phenoxy) is 2. The van der Waals surface area contributed by atoms with Gasteiger partial charge in [0.15, 0.2) is 11.5 Å². The van der Waals surface area contributed by atoms with Crippen molar-refractivity contribution in [1.29, 1.82) is 5.26 Å². The molecule has 1 fully saturated rings. The summed E-state index contributed by atoms with van der Waals surface area (Å²) >= 11 is 6.29. The zero-order valence-corrected chi connectivity index (χ0v) is 14.9. The fraction of sp³-hybridized carbons (Fsp3) is 0.444. The number of carboxylic acids is 1. The molecule has 1 aromatic carbocycles. The van der Waals surface area contributed by atoms with Gasteiger partial charge in [-0.05, 0) is 56.6 Å². The molecule has 0 unspecified atom stereocenters. The summed E-state index contributed by atoms with van der Waals surface area (Å²) in [4.78, 5) is 13.3. The van der Waals surface area contributed by atoms with E-state index in [1.807, 2.05) is 6.92 Å². The molecule has 1 aromatic rings. The Morgan fingerprint density at radius 3 is 2.72 bits per heavy atom. The van der Waals surface area contributed by atoms with Crippen molar-refractivity contribution in [2.45, 2.75) is 19.8 Å². The van der Waals surface area contributed by atoms with Crippen LogP contribution in [-0.4, -0.2) is 48.8 Å². The number of halogens is 1. The molecule has 134 valence electrons. The van der Waals surface area contributed by atoms with Crippen molar-refractivity contribution in [3.63, 3.8) is 0 Å². The number of carbonyl (C=O) groups is 1. The Labute approximate surface area is 152 Å². The predicted molar refractivity (Wildman–Crippen MR) is 95.0 cm³/mol. The Kier molecular flexibility index (Phi) is 7.11. The van der Waals surface area contributed by atoms with Crippen LogP contribution in [0.1, 0.15) is 25.3 Å². The summed E-state index contributed by atoms with van der Waals surface area (Å²) in [5, 5.41) is 18.2. The molecule has 0 atom stereocenters. The lowest BCUT2D eigenvalue weighted by Crippen LogP contribution is -2.25. The maximum absolute atomic E-state index is 11.0. The zero-order chi connectivity index (χ0) is 18.2. The first-order valence-electron chi connectivity index (χ1n) is 8.21. The van der Waals surface area contributed by atoms with Crippen molar-refractivity contribution in [2.24, 2.45) is 0 Å². The van der Waals surface area contributed by atoms with E-state index in [1.165, 1.54) is 18.9 Å². The van der Waals surface area contributed by atoms with E-state index in [0.717, 1.165) is 19.6 Å². The van der Waals surface area contributed by atoms with Crippen LogP contribution in [0, 0.1) is 11.3 Å². The molecule has 0 aromatic heterocycles. The fourth-order valence-corrected chi connectivity index (χ4v) is 2.94. The second-order valence-electron chi connectivity index (χ2n) is 5.64. The minimum absolute atomic E-state index is 0.321. The zero-order valence-electron chi connectivity index (χ0n) is 14.1. The molecule has 0 spiro atoms. The number of hydrogen-bond donors (Lipinski definition) is 1. The van der Waals surface area contributed by atoms with Gasteiger partial charge in [-0.25, -0.2) is 4.79 Å². The van der Waals surface area contributed by atoms with Gasteiger partial charge in [-0.3, -0.25) is 4.90 Å². The number of likely N-dealkylation sites (tertiary alicyclic amines) is 1. The summed E-state index contributed by atoms with van der Waals surface area (Å²) in [5.74, 6) is -0.415. The molecule has 1 aliphatic heterocycles. The van der Waals surface area contributed by atoms with Gasteiger partial charge in [-0.15, -0.1) is 0 Å². The summed E-state index contributed by atoms with van der Waals surface area (Å²) in [7, 11) is 0. The fourth-order valence-electron chi connectivity index (χ4n) is 2.67. The van der Waals surface area contributed by atoms with Crippen LogP contribution in [-0.2, 0) is 4.79 Å². The van der Waals surface area contributed by atoms with E-state index in [1.54, 1.807) is 18.2 Å². The van der Waals surface area contributed by atoms with Crippen molar-refractivity contribution in [2.75, 3.05) is 32.8 Å². The van der Waals surface area contributed by atoms with E-state index in [9.17, 15) is 4.79 Å². The smallest absolute Gasteiger partial charge is 0.346 e. The van der Waals surface area contributed by atoms with Gasteiger partial charge in [0.05, 0.1) is 11.6 Å². The Morgan fingerprint density at radius 1 is 1.40 bits per heavy atom. The minimum Gasteiger partial charge on any atom is -0.490 e. The van der Waals surface area contributed by atoms with E-state index < -0.39 is 5.97 Å². The van der Waals surface area contributed by atoms with Gasteiger partial charge >= 0.3 is 5.97 Å². The second-order valence-corrected chi connectivity index (χ2v) is 6.04. The molecule has 0 saturated carbocycles. The highest BCUT2D eigenvalue weighted by molar-refractivity contribution is 6.32. The highest BCUT2D eigenvalue weighted by Crippen LogP contribution is 2.37. The van der Waals surface area contributed by atoms with Gasteiger partial charge < -0.3 is 14.6 Å². The Hall–Kier alpha value is -2.23. The third kappa shape index (κ3) is 5.38. The van der Waals surface area contributed by atoms with Crippen molar-refractivity contribution in [1.82, 2.24) is 4.90 Å². The topological polar surface area (TPSA) is 82.8 Å². The average molecular weight is 365 g/mol. The number of nitrogens with zero attached hydrogens (tertiary/aromatic N) is 2. The van der Waals surface area contributed by atoms with Crippen molar-refractivity contribution < 1.29 is 19.4 Å².